The number of rotatable bonds is 4. The summed E-state index contributed by atoms with van der Waals surface area (Å²) in [4.78, 5) is 24.8. The van der Waals surface area contributed by atoms with Crippen LogP contribution in [0.15, 0.2) is 39.6 Å². The molecule has 1 N–H and O–H groups in total. The maximum Gasteiger partial charge on any atom is 0.256 e. The van der Waals surface area contributed by atoms with Gasteiger partial charge in [0.2, 0.25) is 15.0 Å². The summed E-state index contributed by atoms with van der Waals surface area (Å²) in [5, 5.41) is 1.83. The van der Waals surface area contributed by atoms with Gasteiger partial charge in [0.05, 0.1) is 11.3 Å². The van der Waals surface area contributed by atoms with Crippen molar-refractivity contribution in [3.63, 3.8) is 0 Å². The quantitative estimate of drug-likeness (QED) is 0.672. The topological polar surface area (TPSA) is 83.1 Å². The number of thiophene rings is 2. The number of nitrogens with zero attached hydrogens (tertiary/aromatic N) is 2. The van der Waals surface area contributed by atoms with Crippen LogP contribution in [0.5, 0.6) is 0 Å². The molecule has 0 fully saturated rings. The Morgan fingerprint density at radius 2 is 2.12 bits per heavy atom. The molecule has 4 rings (SSSR count). The van der Waals surface area contributed by atoms with E-state index in [1.165, 1.54) is 14.6 Å². The summed E-state index contributed by atoms with van der Waals surface area (Å²) in [6.07, 6.45) is 1.62. The van der Waals surface area contributed by atoms with Gasteiger partial charge in [0.1, 0.15) is 0 Å². The lowest BCUT2D eigenvalue weighted by molar-refractivity contribution is 0.243. The van der Waals surface area contributed by atoms with Crippen LogP contribution >= 0.6 is 22.7 Å². The standard InChI is InChI=1S/C17H17N3O3S3/c1-26(22,23)17-18-13-6-7-20(10-12(13)16(21)19-17)9-11-4-5-15(25-11)14-3-2-8-24-14/h2-5,8H,6-7,9-10H2,1H3,(H,18,19,21). The fourth-order valence-electron chi connectivity index (χ4n) is 3.00. The monoisotopic (exact) mass is 407 g/mol. The molecule has 0 aromatic carbocycles. The third kappa shape index (κ3) is 3.52. The first kappa shape index (κ1) is 17.6. The molecule has 4 heterocycles. The molecule has 0 saturated carbocycles. The number of fused-ring (bicyclic) bond motifs is 1. The maximum absolute atomic E-state index is 12.3. The van der Waals surface area contributed by atoms with Crippen molar-refractivity contribution >= 4 is 32.5 Å². The molecule has 136 valence electrons. The molecular weight excluding hydrogens is 390 g/mol. The summed E-state index contributed by atoms with van der Waals surface area (Å²) in [6.45, 7) is 2.00. The highest BCUT2D eigenvalue weighted by Crippen LogP contribution is 2.32. The minimum Gasteiger partial charge on any atom is -0.297 e. The first-order valence-electron chi connectivity index (χ1n) is 8.07. The van der Waals surface area contributed by atoms with Crippen molar-refractivity contribution < 1.29 is 8.42 Å². The molecule has 0 spiro atoms. The maximum atomic E-state index is 12.3. The van der Waals surface area contributed by atoms with Crippen LogP contribution in [-0.4, -0.2) is 36.1 Å². The van der Waals surface area contributed by atoms with Crippen molar-refractivity contribution in [2.45, 2.75) is 24.7 Å². The number of nitrogens with one attached hydrogen (secondary N) is 1. The van der Waals surface area contributed by atoms with Crippen LogP contribution in [0.1, 0.15) is 16.1 Å². The lowest BCUT2D eigenvalue weighted by atomic mass is 10.1. The zero-order chi connectivity index (χ0) is 18.3. The second-order valence-electron chi connectivity index (χ2n) is 6.27. The summed E-state index contributed by atoms with van der Waals surface area (Å²) in [5.74, 6) is 0. The average molecular weight is 408 g/mol. The van der Waals surface area contributed by atoms with Crippen LogP contribution in [-0.2, 0) is 29.3 Å². The zero-order valence-electron chi connectivity index (χ0n) is 14.1. The van der Waals surface area contributed by atoms with Gasteiger partial charge in [0, 0.05) is 46.9 Å². The van der Waals surface area contributed by atoms with Gasteiger partial charge >= 0.3 is 0 Å². The van der Waals surface area contributed by atoms with E-state index in [4.69, 9.17) is 0 Å². The van der Waals surface area contributed by atoms with Gasteiger partial charge in [-0.25, -0.2) is 13.4 Å². The largest absolute Gasteiger partial charge is 0.297 e. The molecule has 9 heteroatoms. The summed E-state index contributed by atoms with van der Waals surface area (Å²) in [6, 6.07) is 8.42. The lowest BCUT2D eigenvalue weighted by Gasteiger charge is -2.27. The van der Waals surface area contributed by atoms with Crippen molar-refractivity contribution in [2.24, 2.45) is 0 Å². The van der Waals surface area contributed by atoms with Gasteiger partial charge in [-0.1, -0.05) is 6.07 Å². The Morgan fingerprint density at radius 3 is 2.85 bits per heavy atom. The predicted molar refractivity (Wildman–Crippen MR) is 103 cm³/mol. The van der Waals surface area contributed by atoms with Crippen LogP contribution in [0.2, 0.25) is 0 Å². The molecule has 1 aliphatic heterocycles. The van der Waals surface area contributed by atoms with E-state index in [1.807, 2.05) is 6.07 Å². The number of hydrogen-bond donors (Lipinski definition) is 1. The number of H-pyrrole nitrogens is 1. The Morgan fingerprint density at radius 1 is 1.27 bits per heavy atom. The first-order chi connectivity index (χ1) is 12.4. The minimum atomic E-state index is -3.52. The highest BCUT2D eigenvalue weighted by atomic mass is 32.2. The van der Waals surface area contributed by atoms with E-state index >= 15 is 0 Å². The number of aromatic nitrogens is 2. The molecule has 0 bridgehead atoms. The van der Waals surface area contributed by atoms with E-state index in [9.17, 15) is 13.2 Å². The molecular formula is C17H17N3O3S3. The summed E-state index contributed by atoms with van der Waals surface area (Å²) in [5.41, 5.74) is 0.806. The number of hydrogen-bond acceptors (Lipinski definition) is 7. The Labute approximate surface area is 159 Å². The molecule has 3 aromatic heterocycles. The van der Waals surface area contributed by atoms with Gasteiger partial charge in [-0.3, -0.25) is 14.7 Å². The molecule has 0 radical (unpaired) electrons. The SMILES string of the molecule is CS(=O)(=O)c1nc2c(c(=O)[nH]1)CN(Cc1ccc(-c3cccs3)s1)CC2. The van der Waals surface area contributed by atoms with E-state index < -0.39 is 9.84 Å². The van der Waals surface area contributed by atoms with Crippen molar-refractivity contribution in [2.75, 3.05) is 12.8 Å². The fraction of sp³-hybridized carbons (Fsp3) is 0.294. The molecule has 0 unspecified atom stereocenters. The highest BCUT2D eigenvalue weighted by Gasteiger charge is 2.23. The Kier molecular flexibility index (Phi) is 4.55. The lowest BCUT2D eigenvalue weighted by Crippen LogP contribution is -2.35. The van der Waals surface area contributed by atoms with Gasteiger partial charge in [-0.15, -0.1) is 22.7 Å². The third-order valence-electron chi connectivity index (χ3n) is 4.28. The van der Waals surface area contributed by atoms with Gasteiger partial charge in [-0.05, 0) is 23.6 Å². The van der Waals surface area contributed by atoms with Gasteiger partial charge in [0.25, 0.3) is 5.56 Å². The molecule has 6 nitrogen and oxygen atoms in total. The summed E-state index contributed by atoms with van der Waals surface area (Å²) in [7, 11) is -3.52. The Hall–Kier alpha value is -1.81. The zero-order valence-corrected chi connectivity index (χ0v) is 16.5. The van der Waals surface area contributed by atoms with Crippen molar-refractivity contribution in [1.29, 1.82) is 0 Å². The predicted octanol–water partition coefficient (Wildman–Crippen LogP) is 2.52. The molecule has 0 aliphatic carbocycles. The molecule has 0 amide bonds. The second-order valence-corrected chi connectivity index (χ2v) is 10.3. The van der Waals surface area contributed by atoms with Gasteiger partial charge in [0.15, 0.2) is 0 Å². The molecule has 3 aromatic rings. The fourth-order valence-corrected chi connectivity index (χ4v) is 5.44. The van der Waals surface area contributed by atoms with Crippen molar-refractivity contribution in [3.8, 4) is 9.75 Å². The minimum absolute atomic E-state index is 0.242. The average Bonchev–Trinajstić information content (AvgIpc) is 3.25. The van der Waals surface area contributed by atoms with E-state index in [-0.39, 0.29) is 10.7 Å². The molecule has 26 heavy (non-hydrogen) atoms. The van der Waals surface area contributed by atoms with E-state index in [0.29, 0.717) is 24.2 Å². The van der Waals surface area contributed by atoms with Crippen molar-refractivity contribution in [3.05, 3.63) is 56.1 Å². The van der Waals surface area contributed by atoms with Gasteiger partial charge in [-0.2, -0.15) is 0 Å². The van der Waals surface area contributed by atoms with E-state index in [1.54, 1.807) is 22.7 Å². The summed E-state index contributed by atoms with van der Waals surface area (Å²) < 4.78 is 23.3. The van der Waals surface area contributed by atoms with E-state index in [2.05, 4.69) is 38.4 Å². The van der Waals surface area contributed by atoms with E-state index in [0.717, 1.165) is 19.3 Å². The second kappa shape index (κ2) is 6.73. The van der Waals surface area contributed by atoms with Crippen LogP contribution in [0.3, 0.4) is 0 Å². The third-order valence-corrected chi connectivity index (χ3v) is 7.31. The van der Waals surface area contributed by atoms with Crippen LogP contribution < -0.4 is 5.56 Å². The van der Waals surface area contributed by atoms with Gasteiger partial charge < -0.3 is 0 Å². The smallest absolute Gasteiger partial charge is 0.256 e. The first-order valence-corrected chi connectivity index (χ1v) is 11.7. The molecule has 0 atom stereocenters. The van der Waals surface area contributed by atoms with Crippen molar-refractivity contribution in [1.82, 2.24) is 14.9 Å². The van der Waals surface area contributed by atoms with Crippen LogP contribution in [0, 0.1) is 0 Å². The highest BCUT2D eigenvalue weighted by molar-refractivity contribution is 7.90. The molecule has 1 aliphatic rings. The number of sulfone groups is 1. The number of aromatic amines is 1. The van der Waals surface area contributed by atoms with Crippen LogP contribution in [0.4, 0.5) is 0 Å². The Balaban J connectivity index is 1.53. The normalized spacial score (nSPS) is 15.1. The molecule has 0 saturated heterocycles. The Bertz CT molecular complexity index is 1100. The summed E-state index contributed by atoms with van der Waals surface area (Å²) >= 11 is 3.49. The van der Waals surface area contributed by atoms with Crippen LogP contribution in [0.25, 0.3) is 9.75 Å².